The van der Waals surface area contributed by atoms with Gasteiger partial charge in [0, 0.05) is 12.2 Å². The minimum atomic E-state index is -1.00. The summed E-state index contributed by atoms with van der Waals surface area (Å²) < 4.78 is 5.28. The van der Waals surface area contributed by atoms with Gasteiger partial charge in [-0.05, 0) is 31.5 Å². The number of amides is 2. The Morgan fingerprint density at radius 1 is 1.45 bits per heavy atom. The van der Waals surface area contributed by atoms with Crippen molar-refractivity contribution in [3.05, 3.63) is 29.3 Å². The Bertz CT molecular complexity index is 530. The molecular formula is C14H18N2O4. The van der Waals surface area contributed by atoms with Crippen molar-refractivity contribution in [1.29, 1.82) is 0 Å². The lowest BCUT2D eigenvalue weighted by Crippen LogP contribution is -2.48. The quantitative estimate of drug-likeness (QED) is 0.866. The molecule has 0 radical (unpaired) electrons. The molecule has 1 saturated heterocycles. The summed E-state index contributed by atoms with van der Waals surface area (Å²) in [5.41, 5.74) is 1.34. The molecule has 0 bridgehead atoms. The minimum Gasteiger partial charge on any atom is -0.478 e. The molecule has 20 heavy (non-hydrogen) atoms. The lowest BCUT2D eigenvalue weighted by Gasteiger charge is -2.33. The second-order valence-electron chi connectivity index (χ2n) is 4.88. The summed E-state index contributed by atoms with van der Waals surface area (Å²) >= 11 is 0. The van der Waals surface area contributed by atoms with E-state index in [4.69, 9.17) is 9.84 Å². The van der Waals surface area contributed by atoms with E-state index in [9.17, 15) is 9.59 Å². The molecule has 1 aliphatic heterocycles. The van der Waals surface area contributed by atoms with Gasteiger partial charge in [0.1, 0.15) is 0 Å². The lowest BCUT2D eigenvalue weighted by molar-refractivity contribution is 0.0221. The Morgan fingerprint density at radius 2 is 2.20 bits per heavy atom. The molecule has 2 N–H and O–H groups in total. The number of hydrogen-bond acceptors (Lipinski definition) is 3. The zero-order valence-corrected chi connectivity index (χ0v) is 11.5. The molecule has 2 amide bonds. The number of carboxylic acids is 1. The molecule has 6 nitrogen and oxygen atoms in total. The maximum absolute atomic E-state index is 12.2. The molecule has 2 rings (SSSR count). The summed E-state index contributed by atoms with van der Waals surface area (Å²) in [5, 5.41) is 11.8. The Labute approximate surface area is 117 Å². The zero-order chi connectivity index (χ0) is 14.7. The number of aryl methyl sites for hydroxylation is 1. The fraction of sp³-hybridized carbons (Fsp3) is 0.429. The first-order valence-electron chi connectivity index (χ1n) is 6.48. The molecule has 0 saturated carbocycles. The molecule has 1 atom stereocenters. The van der Waals surface area contributed by atoms with Gasteiger partial charge in [0.25, 0.3) is 0 Å². The first-order valence-corrected chi connectivity index (χ1v) is 6.48. The fourth-order valence-corrected chi connectivity index (χ4v) is 2.15. The van der Waals surface area contributed by atoms with Crippen LogP contribution >= 0.6 is 0 Å². The van der Waals surface area contributed by atoms with Crippen LogP contribution in [0.5, 0.6) is 0 Å². The van der Waals surface area contributed by atoms with Crippen LogP contribution in [-0.4, -0.2) is 47.8 Å². The van der Waals surface area contributed by atoms with Gasteiger partial charge in [-0.25, -0.2) is 9.59 Å². The van der Waals surface area contributed by atoms with E-state index in [1.165, 1.54) is 6.07 Å². The van der Waals surface area contributed by atoms with Crippen LogP contribution in [0.3, 0.4) is 0 Å². The molecule has 1 unspecified atom stereocenters. The molecule has 0 spiro atoms. The van der Waals surface area contributed by atoms with E-state index in [1.54, 1.807) is 24.0 Å². The molecule has 1 aliphatic rings. The van der Waals surface area contributed by atoms with Gasteiger partial charge in [0.2, 0.25) is 0 Å². The maximum Gasteiger partial charge on any atom is 0.336 e. The number of morpholine rings is 1. The molecule has 1 aromatic carbocycles. The van der Waals surface area contributed by atoms with Crippen molar-refractivity contribution >= 4 is 17.7 Å². The van der Waals surface area contributed by atoms with Crippen molar-refractivity contribution in [1.82, 2.24) is 4.90 Å². The number of aromatic carboxylic acids is 1. The van der Waals surface area contributed by atoms with Gasteiger partial charge >= 0.3 is 12.0 Å². The summed E-state index contributed by atoms with van der Waals surface area (Å²) in [7, 11) is 0. The fourth-order valence-electron chi connectivity index (χ4n) is 2.15. The van der Waals surface area contributed by atoms with E-state index >= 15 is 0 Å². The number of rotatable bonds is 2. The van der Waals surface area contributed by atoms with Crippen LogP contribution in [0.25, 0.3) is 0 Å². The van der Waals surface area contributed by atoms with E-state index in [2.05, 4.69) is 5.32 Å². The summed E-state index contributed by atoms with van der Waals surface area (Å²) in [4.78, 5) is 24.9. The third kappa shape index (κ3) is 3.08. The van der Waals surface area contributed by atoms with Crippen LogP contribution in [0.1, 0.15) is 22.8 Å². The largest absolute Gasteiger partial charge is 0.478 e. The minimum absolute atomic E-state index is 0.00754. The highest BCUT2D eigenvalue weighted by Gasteiger charge is 2.23. The van der Waals surface area contributed by atoms with Crippen molar-refractivity contribution in [2.75, 3.05) is 25.1 Å². The molecule has 1 fully saturated rings. The number of benzene rings is 1. The van der Waals surface area contributed by atoms with Gasteiger partial charge in [-0.2, -0.15) is 0 Å². The Balaban J connectivity index is 2.11. The number of urea groups is 1. The lowest BCUT2D eigenvalue weighted by atomic mass is 10.1. The van der Waals surface area contributed by atoms with E-state index in [1.807, 2.05) is 6.92 Å². The van der Waals surface area contributed by atoms with E-state index in [-0.39, 0.29) is 17.6 Å². The van der Waals surface area contributed by atoms with Gasteiger partial charge in [-0.1, -0.05) is 6.07 Å². The van der Waals surface area contributed by atoms with Crippen LogP contribution < -0.4 is 5.32 Å². The van der Waals surface area contributed by atoms with Crippen LogP contribution in [-0.2, 0) is 4.74 Å². The van der Waals surface area contributed by atoms with Crippen LogP contribution in [0, 0.1) is 6.92 Å². The summed E-state index contributed by atoms with van der Waals surface area (Å²) in [6.07, 6.45) is 0. The number of carbonyl (C=O) groups excluding carboxylic acids is 1. The number of carboxylic acid groups (broad SMARTS) is 1. The molecule has 108 valence electrons. The Hall–Kier alpha value is -2.08. The molecule has 0 aromatic heterocycles. The van der Waals surface area contributed by atoms with Crippen molar-refractivity contribution in [3.8, 4) is 0 Å². The first kappa shape index (κ1) is 14.3. The second-order valence-corrected chi connectivity index (χ2v) is 4.88. The average molecular weight is 278 g/mol. The average Bonchev–Trinajstić information content (AvgIpc) is 2.41. The molecule has 6 heteroatoms. The zero-order valence-electron chi connectivity index (χ0n) is 11.5. The predicted octanol–water partition coefficient (Wildman–Crippen LogP) is 1.95. The van der Waals surface area contributed by atoms with Crippen molar-refractivity contribution in [2.24, 2.45) is 0 Å². The molecule has 0 aliphatic carbocycles. The van der Waals surface area contributed by atoms with Gasteiger partial charge in [-0.15, -0.1) is 0 Å². The second kappa shape index (κ2) is 5.92. The normalized spacial score (nSPS) is 18.7. The van der Waals surface area contributed by atoms with Gasteiger partial charge in [-0.3, -0.25) is 0 Å². The van der Waals surface area contributed by atoms with Gasteiger partial charge in [0.15, 0.2) is 0 Å². The smallest absolute Gasteiger partial charge is 0.336 e. The number of nitrogens with zero attached hydrogens (tertiary/aromatic N) is 1. The number of anilines is 1. The highest BCUT2D eigenvalue weighted by atomic mass is 16.5. The Kier molecular flexibility index (Phi) is 4.24. The topological polar surface area (TPSA) is 78.9 Å². The SMILES string of the molecule is Cc1ccc(NC(=O)N2CCOCC2C)cc1C(=O)O. The van der Waals surface area contributed by atoms with E-state index in [0.717, 1.165) is 0 Å². The van der Waals surface area contributed by atoms with E-state index in [0.29, 0.717) is 31.0 Å². The molecule has 1 heterocycles. The highest BCUT2D eigenvalue weighted by Crippen LogP contribution is 2.17. The standard InChI is InChI=1S/C14H18N2O4/c1-9-3-4-11(7-12(9)13(17)18)15-14(19)16-5-6-20-8-10(16)2/h3-4,7,10H,5-6,8H2,1-2H3,(H,15,19)(H,17,18). The van der Waals surface area contributed by atoms with Crippen molar-refractivity contribution < 1.29 is 19.4 Å². The van der Waals surface area contributed by atoms with Crippen molar-refractivity contribution in [3.63, 3.8) is 0 Å². The van der Waals surface area contributed by atoms with Crippen LogP contribution in [0.15, 0.2) is 18.2 Å². The van der Waals surface area contributed by atoms with Crippen LogP contribution in [0.4, 0.5) is 10.5 Å². The number of nitrogens with one attached hydrogen (secondary N) is 1. The van der Waals surface area contributed by atoms with Crippen LogP contribution in [0.2, 0.25) is 0 Å². The van der Waals surface area contributed by atoms with Crippen molar-refractivity contribution in [2.45, 2.75) is 19.9 Å². The monoisotopic (exact) mass is 278 g/mol. The maximum atomic E-state index is 12.2. The number of carbonyl (C=O) groups is 2. The number of ether oxygens (including phenoxy) is 1. The third-order valence-corrected chi connectivity index (χ3v) is 3.35. The Morgan fingerprint density at radius 3 is 2.85 bits per heavy atom. The predicted molar refractivity (Wildman–Crippen MR) is 74.1 cm³/mol. The number of hydrogen-bond donors (Lipinski definition) is 2. The molecule has 1 aromatic rings. The van der Waals surface area contributed by atoms with Gasteiger partial charge < -0.3 is 20.1 Å². The first-order chi connectivity index (χ1) is 9.49. The summed E-state index contributed by atoms with van der Waals surface area (Å²) in [6, 6.07) is 4.63. The van der Waals surface area contributed by atoms with E-state index < -0.39 is 5.97 Å². The van der Waals surface area contributed by atoms with Gasteiger partial charge in [0.05, 0.1) is 24.8 Å². The molecular weight excluding hydrogens is 260 g/mol. The third-order valence-electron chi connectivity index (χ3n) is 3.35. The summed E-state index contributed by atoms with van der Waals surface area (Å²) in [6.45, 7) is 5.20. The summed E-state index contributed by atoms with van der Waals surface area (Å²) in [5.74, 6) is -1.00. The highest BCUT2D eigenvalue weighted by molar-refractivity contribution is 5.94.